The normalized spacial score (nSPS) is 11.1. The van der Waals surface area contributed by atoms with Crippen LogP contribution in [0.15, 0.2) is 53.3 Å². The van der Waals surface area contributed by atoms with Crippen molar-refractivity contribution in [3.63, 3.8) is 0 Å². The lowest BCUT2D eigenvalue weighted by atomic mass is 10.1. The number of rotatable bonds is 3. The highest BCUT2D eigenvalue weighted by molar-refractivity contribution is 5.87. The first-order valence-corrected chi connectivity index (χ1v) is 7.82. The molecule has 1 N–H and O–H groups in total. The van der Waals surface area contributed by atoms with Crippen molar-refractivity contribution in [2.24, 2.45) is 0 Å². The van der Waals surface area contributed by atoms with Crippen molar-refractivity contribution in [2.75, 3.05) is 6.61 Å². The van der Waals surface area contributed by atoms with E-state index in [1.54, 1.807) is 6.92 Å². The monoisotopic (exact) mass is 334 g/mol. The van der Waals surface area contributed by atoms with E-state index in [1.165, 1.54) is 6.07 Å². The van der Waals surface area contributed by atoms with Crippen LogP contribution in [0.1, 0.15) is 17.5 Å². The summed E-state index contributed by atoms with van der Waals surface area (Å²) in [4.78, 5) is 32.5. The number of H-pyrrole nitrogens is 1. The van der Waals surface area contributed by atoms with Gasteiger partial charge in [0.2, 0.25) is 5.82 Å². The molecule has 4 aromatic rings. The summed E-state index contributed by atoms with van der Waals surface area (Å²) in [5.74, 6) is -0.555. The van der Waals surface area contributed by atoms with Crippen LogP contribution in [0, 0.1) is 0 Å². The number of ether oxygens (including phenoxy) is 1. The average Bonchev–Trinajstić information content (AvgIpc) is 3.06. The molecule has 2 heterocycles. The van der Waals surface area contributed by atoms with Gasteiger partial charge in [-0.3, -0.25) is 9.89 Å². The molecule has 0 atom stereocenters. The van der Waals surface area contributed by atoms with Crippen LogP contribution in [-0.2, 0) is 4.74 Å². The first-order chi connectivity index (χ1) is 12.2. The molecule has 0 spiro atoms. The second-order valence-electron chi connectivity index (χ2n) is 5.47. The molecular weight excluding hydrogens is 320 g/mol. The Kier molecular flexibility index (Phi) is 3.53. The zero-order valence-electron chi connectivity index (χ0n) is 13.4. The van der Waals surface area contributed by atoms with Crippen molar-refractivity contribution < 1.29 is 9.53 Å². The van der Waals surface area contributed by atoms with Crippen molar-refractivity contribution >= 4 is 22.5 Å². The van der Waals surface area contributed by atoms with Gasteiger partial charge in [0.25, 0.3) is 11.3 Å². The maximum atomic E-state index is 12.3. The van der Waals surface area contributed by atoms with E-state index >= 15 is 0 Å². The minimum absolute atomic E-state index is 0.0536. The Bertz CT molecular complexity index is 1160. The Hall–Kier alpha value is -3.48. The third-order valence-electron chi connectivity index (χ3n) is 3.84. The second-order valence-corrected chi connectivity index (χ2v) is 5.47. The smallest absolute Gasteiger partial charge is 0.375 e. The van der Waals surface area contributed by atoms with Gasteiger partial charge in [0, 0.05) is 11.6 Å². The van der Waals surface area contributed by atoms with Crippen LogP contribution in [0.25, 0.3) is 27.8 Å². The van der Waals surface area contributed by atoms with Gasteiger partial charge < -0.3 is 4.74 Å². The maximum Gasteiger partial charge on any atom is 0.375 e. The first kappa shape index (κ1) is 15.1. The summed E-state index contributed by atoms with van der Waals surface area (Å²) in [5, 5.41) is 4.77. The molecule has 0 aliphatic heterocycles. The lowest BCUT2D eigenvalue weighted by molar-refractivity contribution is 0.0512. The van der Waals surface area contributed by atoms with Crippen LogP contribution >= 0.6 is 0 Å². The van der Waals surface area contributed by atoms with Gasteiger partial charge >= 0.3 is 5.97 Å². The van der Waals surface area contributed by atoms with Crippen molar-refractivity contribution in [2.45, 2.75) is 6.92 Å². The van der Waals surface area contributed by atoms with Gasteiger partial charge in [0.1, 0.15) is 0 Å². The highest BCUT2D eigenvalue weighted by Crippen LogP contribution is 2.22. The minimum atomic E-state index is -0.625. The number of aromatic amines is 1. The third kappa shape index (κ3) is 2.65. The Morgan fingerprint density at radius 1 is 1.12 bits per heavy atom. The predicted octanol–water partition coefficient (Wildman–Crippen LogP) is 2.41. The standard InChI is InChI=1S/C18H14N4O3/c1-2-25-17(24)16-20-18-19-14(10-15(23)22(18)21-16)13-8-7-11-5-3-4-6-12(11)9-13/h3-10H,2H2,1H3,(H,19,20,21). The van der Waals surface area contributed by atoms with E-state index in [1.807, 2.05) is 42.5 Å². The molecule has 0 aliphatic rings. The summed E-state index contributed by atoms with van der Waals surface area (Å²) in [6, 6.07) is 15.2. The second kappa shape index (κ2) is 5.86. The van der Waals surface area contributed by atoms with Gasteiger partial charge in [0.15, 0.2) is 0 Å². The Balaban J connectivity index is 1.84. The van der Waals surface area contributed by atoms with E-state index in [0.717, 1.165) is 20.9 Å². The van der Waals surface area contributed by atoms with Crippen molar-refractivity contribution in [3.05, 3.63) is 64.7 Å². The fourth-order valence-corrected chi connectivity index (χ4v) is 2.67. The Labute approximate surface area is 141 Å². The van der Waals surface area contributed by atoms with Gasteiger partial charge in [-0.15, -0.1) is 0 Å². The number of carbonyl (C=O) groups excluding carboxylic acids is 1. The van der Waals surface area contributed by atoms with Crippen molar-refractivity contribution in [1.82, 2.24) is 19.6 Å². The molecule has 4 rings (SSSR count). The number of esters is 1. The van der Waals surface area contributed by atoms with Gasteiger partial charge in [0.05, 0.1) is 12.3 Å². The summed E-state index contributed by atoms with van der Waals surface area (Å²) in [6.07, 6.45) is 0. The number of nitrogens with one attached hydrogen (secondary N) is 1. The molecule has 7 nitrogen and oxygen atoms in total. The number of hydrogen-bond donors (Lipinski definition) is 1. The van der Waals surface area contributed by atoms with Crippen LogP contribution in [-0.4, -0.2) is 32.2 Å². The van der Waals surface area contributed by atoms with E-state index in [0.29, 0.717) is 5.69 Å². The predicted molar refractivity (Wildman–Crippen MR) is 92.5 cm³/mol. The number of aromatic nitrogens is 4. The number of hydrogen-bond acceptors (Lipinski definition) is 5. The Morgan fingerprint density at radius 2 is 1.92 bits per heavy atom. The molecule has 25 heavy (non-hydrogen) atoms. The highest BCUT2D eigenvalue weighted by atomic mass is 16.5. The molecule has 0 aliphatic carbocycles. The van der Waals surface area contributed by atoms with E-state index < -0.39 is 5.97 Å². The number of benzene rings is 2. The summed E-state index contributed by atoms with van der Waals surface area (Å²) in [5.41, 5.74) is 0.952. The minimum Gasteiger partial charge on any atom is -0.460 e. The van der Waals surface area contributed by atoms with Crippen LogP contribution in [0.2, 0.25) is 0 Å². The summed E-state index contributed by atoms with van der Waals surface area (Å²) in [6.45, 7) is 1.92. The van der Waals surface area contributed by atoms with E-state index in [2.05, 4.69) is 15.1 Å². The van der Waals surface area contributed by atoms with E-state index in [9.17, 15) is 9.59 Å². The molecule has 0 fully saturated rings. The molecule has 2 aromatic carbocycles. The van der Waals surface area contributed by atoms with Crippen molar-refractivity contribution in [1.29, 1.82) is 0 Å². The number of nitrogens with zero attached hydrogens (tertiary/aromatic N) is 3. The summed E-state index contributed by atoms with van der Waals surface area (Å²) < 4.78 is 6.01. The molecule has 0 saturated heterocycles. The molecule has 0 saturated carbocycles. The molecule has 2 aromatic heterocycles. The van der Waals surface area contributed by atoms with Gasteiger partial charge in [-0.25, -0.2) is 9.78 Å². The molecule has 0 bridgehead atoms. The van der Waals surface area contributed by atoms with Crippen molar-refractivity contribution in [3.8, 4) is 11.3 Å². The van der Waals surface area contributed by atoms with E-state index in [-0.39, 0.29) is 23.8 Å². The number of carbonyl (C=O) groups is 1. The fourth-order valence-electron chi connectivity index (χ4n) is 2.67. The molecule has 0 amide bonds. The maximum absolute atomic E-state index is 12.3. The van der Waals surface area contributed by atoms with Gasteiger partial charge in [-0.1, -0.05) is 36.4 Å². The SMILES string of the molecule is CCOC(=O)c1nc2nc(-c3ccc4ccccc4c3)cc(=O)n2[nH]1. The summed E-state index contributed by atoms with van der Waals surface area (Å²) in [7, 11) is 0. The highest BCUT2D eigenvalue weighted by Gasteiger charge is 2.15. The molecule has 124 valence electrons. The quantitative estimate of drug-likeness (QED) is 0.581. The molecule has 7 heteroatoms. The summed E-state index contributed by atoms with van der Waals surface area (Å²) >= 11 is 0. The number of fused-ring (bicyclic) bond motifs is 2. The lowest BCUT2D eigenvalue weighted by Gasteiger charge is -2.03. The third-order valence-corrected chi connectivity index (χ3v) is 3.84. The molecule has 0 radical (unpaired) electrons. The van der Waals surface area contributed by atoms with Crippen LogP contribution in [0.3, 0.4) is 0 Å². The van der Waals surface area contributed by atoms with Crippen LogP contribution < -0.4 is 5.56 Å². The Morgan fingerprint density at radius 3 is 2.72 bits per heavy atom. The first-order valence-electron chi connectivity index (χ1n) is 7.82. The zero-order valence-corrected chi connectivity index (χ0v) is 13.4. The molecule has 0 unspecified atom stereocenters. The van der Waals surface area contributed by atoms with E-state index in [4.69, 9.17) is 4.74 Å². The lowest BCUT2D eigenvalue weighted by Crippen LogP contribution is -2.15. The fraction of sp³-hybridized carbons (Fsp3) is 0.111. The van der Waals surface area contributed by atoms with Crippen LogP contribution in [0.4, 0.5) is 0 Å². The zero-order chi connectivity index (χ0) is 17.4. The molecular formula is C18H14N4O3. The van der Waals surface area contributed by atoms with Gasteiger partial charge in [-0.05, 0) is 23.8 Å². The average molecular weight is 334 g/mol. The van der Waals surface area contributed by atoms with Gasteiger partial charge in [-0.2, -0.15) is 9.50 Å². The van der Waals surface area contributed by atoms with Crippen LogP contribution in [0.5, 0.6) is 0 Å². The largest absolute Gasteiger partial charge is 0.460 e. The topological polar surface area (TPSA) is 89.3 Å².